The summed E-state index contributed by atoms with van der Waals surface area (Å²) in [4.78, 5) is 14.3. The van der Waals surface area contributed by atoms with E-state index in [1.165, 1.54) is 32.8 Å². The van der Waals surface area contributed by atoms with Crippen molar-refractivity contribution in [2.45, 2.75) is 58.0 Å². The van der Waals surface area contributed by atoms with E-state index in [1.807, 2.05) is 0 Å². The van der Waals surface area contributed by atoms with Crippen molar-refractivity contribution >= 4 is 5.97 Å². The maximum Gasteiger partial charge on any atom is 0.310 e. The van der Waals surface area contributed by atoms with Crippen molar-refractivity contribution < 1.29 is 9.53 Å². The molecule has 2 aliphatic rings. The fourth-order valence-electron chi connectivity index (χ4n) is 3.59. The van der Waals surface area contributed by atoms with Gasteiger partial charge in [-0.3, -0.25) is 9.69 Å². The Morgan fingerprint density at radius 2 is 2.00 bits per heavy atom. The summed E-state index contributed by atoms with van der Waals surface area (Å²) < 4.78 is 4.95. The van der Waals surface area contributed by atoms with Gasteiger partial charge in [-0.15, -0.1) is 0 Å². The number of methoxy groups -OCH3 is 1. The summed E-state index contributed by atoms with van der Waals surface area (Å²) in [5.74, 6) is 0.821. The Balaban J connectivity index is 1.87. The van der Waals surface area contributed by atoms with Crippen LogP contribution in [0.5, 0.6) is 0 Å². The number of esters is 1. The van der Waals surface area contributed by atoms with Crippen molar-refractivity contribution in [1.82, 2.24) is 10.2 Å². The topological polar surface area (TPSA) is 41.6 Å². The van der Waals surface area contributed by atoms with Crippen molar-refractivity contribution in [2.75, 3.05) is 26.7 Å². The van der Waals surface area contributed by atoms with Gasteiger partial charge in [-0.2, -0.15) is 0 Å². The van der Waals surface area contributed by atoms with Crippen LogP contribution in [0.25, 0.3) is 0 Å². The summed E-state index contributed by atoms with van der Waals surface area (Å²) in [7, 11) is 1.50. The first-order valence-corrected chi connectivity index (χ1v) is 8.15. The normalized spacial score (nSPS) is 29.0. The number of piperidine rings is 1. The number of likely N-dealkylation sites (tertiary alicyclic amines) is 1. The SMILES string of the molecule is COC(=O)C1CC(NCC2CCCC2)CN(C(C)C)C1. The molecule has 1 saturated carbocycles. The van der Waals surface area contributed by atoms with Gasteiger partial charge in [0, 0.05) is 25.2 Å². The molecule has 1 aliphatic carbocycles. The lowest BCUT2D eigenvalue weighted by Crippen LogP contribution is -2.53. The smallest absolute Gasteiger partial charge is 0.310 e. The van der Waals surface area contributed by atoms with Gasteiger partial charge < -0.3 is 10.1 Å². The fourth-order valence-corrected chi connectivity index (χ4v) is 3.59. The summed E-state index contributed by atoms with van der Waals surface area (Å²) in [6.45, 7) is 7.41. The standard InChI is InChI=1S/C16H30N2O2/c1-12(2)18-10-14(16(19)20-3)8-15(11-18)17-9-13-6-4-5-7-13/h12-15,17H,4-11H2,1-3H3. The molecule has 4 nitrogen and oxygen atoms in total. The number of hydrogen-bond donors (Lipinski definition) is 1. The van der Waals surface area contributed by atoms with Crippen molar-refractivity contribution in [1.29, 1.82) is 0 Å². The van der Waals surface area contributed by atoms with Crippen LogP contribution in [0.15, 0.2) is 0 Å². The van der Waals surface area contributed by atoms with E-state index in [4.69, 9.17) is 4.74 Å². The minimum absolute atomic E-state index is 0.0252. The molecule has 20 heavy (non-hydrogen) atoms. The van der Waals surface area contributed by atoms with Gasteiger partial charge in [0.2, 0.25) is 0 Å². The summed E-state index contributed by atoms with van der Waals surface area (Å²) in [6, 6.07) is 0.911. The van der Waals surface area contributed by atoms with Crippen molar-refractivity contribution in [2.24, 2.45) is 11.8 Å². The quantitative estimate of drug-likeness (QED) is 0.784. The number of hydrogen-bond acceptors (Lipinski definition) is 4. The van der Waals surface area contributed by atoms with E-state index in [2.05, 4.69) is 24.1 Å². The van der Waals surface area contributed by atoms with Gasteiger partial charge in [0.05, 0.1) is 13.0 Å². The van der Waals surface area contributed by atoms with Gasteiger partial charge in [0.25, 0.3) is 0 Å². The van der Waals surface area contributed by atoms with Crippen LogP contribution < -0.4 is 5.32 Å². The second-order valence-electron chi connectivity index (χ2n) is 6.76. The van der Waals surface area contributed by atoms with Crippen LogP contribution >= 0.6 is 0 Å². The van der Waals surface area contributed by atoms with Crippen LogP contribution in [0, 0.1) is 11.8 Å². The second kappa shape index (κ2) is 7.41. The number of rotatable bonds is 5. The molecular weight excluding hydrogens is 252 g/mol. The molecule has 0 aromatic rings. The highest BCUT2D eigenvalue weighted by atomic mass is 16.5. The van der Waals surface area contributed by atoms with Crippen molar-refractivity contribution in [3.05, 3.63) is 0 Å². The maximum atomic E-state index is 11.9. The monoisotopic (exact) mass is 282 g/mol. The highest BCUT2D eigenvalue weighted by Crippen LogP contribution is 2.25. The molecule has 0 amide bonds. The lowest BCUT2D eigenvalue weighted by Gasteiger charge is -2.39. The van der Waals surface area contributed by atoms with Crippen molar-refractivity contribution in [3.63, 3.8) is 0 Å². The van der Waals surface area contributed by atoms with E-state index in [1.54, 1.807) is 0 Å². The maximum absolute atomic E-state index is 11.9. The molecule has 4 heteroatoms. The van der Waals surface area contributed by atoms with E-state index in [-0.39, 0.29) is 11.9 Å². The highest BCUT2D eigenvalue weighted by molar-refractivity contribution is 5.72. The van der Waals surface area contributed by atoms with Crippen LogP contribution in [-0.4, -0.2) is 49.7 Å². The molecule has 116 valence electrons. The average molecular weight is 282 g/mol. The molecule has 2 atom stereocenters. The zero-order valence-electron chi connectivity index (χ0n) is 13.2. The molecule has 1 aliphatic heterocycles. The summed E-state index contributed by atoms with van der Waals surface area (Å²) in [6.07, 6.45) is 6.44. The van der Waals surface area contributed by atoms with E-state index in [9.17, 15) is 4.79 Å². The number of nitrogens with one attached hydrogen (secondary N) is 1. The second-order valence-corrected chi connectivity index (χ2v) is 6.76. The zero-order chi connectivity index (χ0) is 14.5. The first kappa shape index (κ1) is 15.8. The first-order chi connectivity index (χ1) is 9.60. The number of carbonyl (C=O) groups is 1. The van der Waals surface area contributed by atoms with Gasteiger partial charge in [0.1, 0.15) is 0 Å². The van der Waals surface area contributed by atoms with Crippen LogP contribution in [0.2, 0.25) is 0 Å². The molecule has 1 N–H and O–H groups in total. The number of nitrogens with zero attached hydrogens (tertiary/aromatic N) is 1. The third-order valence-electron chi connectivity index (χ3n) is 4.91. The molecule has 0 bridgehead atoms. The van der Waals surface area contributed by atoms with E-state index in [0.29, 0.717) is 12.1 Å². The average Bonchev–Trinajstić information content (AvgIpc) is 2.97. The fraction of sp³-hybridized carbons (Fsp3) is 0.938. The minimum atomic E-state index is -0.0528. The largest absolute Gasteiger partial charge is 0.469 e. The lowest BCUT2D eigenvalue weighted by molar-refractivity contribution is -0.148. The molecule has 1 saturated heterocycles. The van der Waals surface area contributed by atoms with Crippen LogP contribution in [0.4, 0.5) is 0 Å². The lowest BCUT2D eigenvalue weighted by atomic mass is 9.92. The van der Waals surface area contributed by atoms with Crippen molar-refractivity contribution in [3.8, 4) is 0 Å². The van der Waals surface area contributed by atoms with Gasteiger partial charge in [-0.1, -0.05) is 12.8 Å². The van der Waals surface area contributed by atoms with Gasteiger partial charge >= 0.3 is 5.97 Å². The summed E-state index contributed by atoms with van der Waals surface area (Å²) >= 11 is 0. The molecule has 0 spiro atoms. The van der Waals surface area contributed by atoms with Gasteiger partial charge in [-0.25, -0.2) is 0 Å². The number of carbonyl (C=O) groups excluding carboxylic acids is 1. The van der Waals surface area contributed by atoms with E-state index < -0.39 is 0 Å². The van der Waals surface area contributed by atoms with E-state index >= 15 is 0 Å². The first-order valence-electron chi connectivity index (χ1n) is 8.15. The molecule has 2 unspecified atom stereocenters. The molecule has 0 radical (unpaired) electrons. The highest BCUT2D eigenvalue weighted by Gasteiger charge is 2.33. The Kier molecular flexibility index (Phi) is 5.85. The molecule has 2 fully saturated rings. The predicted molar refractivity (Wildman–Crippen MR) is 80.6 cm³/mol. The zero-order valence-corrected chi connectivity index (χ0v) is 13.2. The van der Waals surface area contributed by atoms with Gasteiger partial charge in [-0.05, 0) is 45.6 Å². The Morgan fingerprint density at radius 1 is 1.30 bits per heavy atom. The summed E-state index contributed by atoms with van der Waals surface area (Å²) in [5, 5.41) is 3.71. The van der Waals surface area contributed by atoms with Gasteiger partial charge in [0.15, 0.2) is 0 Å². The Hall–Kier alpha value is -0.610. The predicted octanol–water partition coefficient (Wildman–Crippen LogP) is 2.04. The Bertz CT molecular complexity index is 314. The van der Waals surface area contributed by atoms with Crippen LogP contribution in [0.3, 0.4) is 0 Å². The molecule has 2 rings (SSSR count). The molecule has 1 heterocycles. The Morgan fingerprint density at radius 3 is 2.60 bits per heavy atom. The number of ether oxygens (including phenoxy) is 1. The molecule has 0 aromatic carbocycles. The Labute approximate surface area is 123 Å². The third-order valence-corrected chi connectivity index (χ3v) is 4.91. The van der Waals surface area contributed by atoms with Crippen LogP contribution in [-0.2, 0) is 9.53 Å². The molecular formula is C16H30N2O2. The summed E-state index contributed by atoms with van der Waals surface area (Å²) in [5.41, 5.74) is 0. The third kappa shape index (κ3) is 4.19. The van der Waals surface area contributed by atoms with Crippen LogP contribution in [0.1, 0.15) is 46.0 Å². The van der Waals surface area contributed by atoms with E-state index in [0.717, 1.165) is 32.0 Å². The minimum Gasteiger partial charge on any atom is -0.469 e. The molecule has 0 aromatic heterocycles.